The van der Waals surface area contributed by atoms with Crippen LogP contribution in [0.5, 0.6) is 0 Å². The van der Waals surface area contributed by atoms with Crippen LogP contribution in [0.2, 0.25) is 0 Å². The third kappa shape index (κ3) is 3.71. The predicted octanol–water partition coefficient (Wildman–Crippen LogP) is 3.44. The summed E-state index contributed by atoms with van der Waals surface area (Å²) in [5, 5.41) is 10.1. The Hall–Kier alpha value is -3.80. The summed E-state index contributed by atoms with van der Waals surface area (Å²) < 4.78 is 29.9. The number of hydrogen-bond donors (Lipinski definition) is 1. The van der Waals surface area contributed by atoms with Crippen LogP contribution in [0.3, 0.4) is 0 Å². The molecule has 2 N–H and O–H groups in total. The number of hydrogen-bond acceptors (Lipinski definition) is 4. The Kier molecular flexibility index (Phi) is 4.89. The molecular formula is C24H21F2N5O2. The molecule has 2 fully saturated rings. The number of likely N-dealkylation sites (tertiary alicyclic amines) is 1. The van der Waals surface area contributed by atoms with Crippen molar-refractivity contribution in [2.24, 2.45) is 5.73 Å². The first-order valence-corrected chi connectivity index (χ1v) is 10.7. The molecule has 168 valence electrons. The van der Waals surface area contributed by atoms with E-state index in [4.69, 9.17) is 5.73 Å². The van der Waals surface area contributed by atoms with E-state index in [0.717, 1.165) is 28.6 Å². The van der Waals surface area contributed by atoms with Crippen molar-refractivity contribution in [3.63, 3.8) is 0 Å². The topological polar surface area (TPSA) is 105 Å². The molecular weight excluding hydrogens is 428 g/mol. The zero-order valence-corrected chi connectivity index (χ0v) is 17.7. The fourth-order valence-corrected chi connectivity index (χ4v) is 4.66. The van der Waals surface area contributed by atoms with Crippen LogP contribution in [-0.4, -0.2) is 44.8 Å². The number of pyridine rings is 1. The molecule has 1 saturated heterocycles. The van der Waals surface area contributed by atoms with Crippen molar-refractivity contribution in [3.05, 3.63) is 54.0 Å². The summed E-state index contributed by atoms with van der Waals surface area (Å²) >= 11 is 0. The van der Waals surface area contributed by atoms with Gasteiger partial charge in [0.15, 0.2) is 0 Å². The molecule has 0 radical (unpaired) electrons. The average Bonchev–Trinajstić information content (AvgIpc) is 3.44. The van der Waals surface area contributed by atoms with E-state index in [1.54, 1.807) is 6.07 Å². The number of carbonyl (C=O) groups is 2. The first-order valence-electron chi connectivity index (χ1n) is 10.7. The van der Waals surface area contributed by atoms with E-state index in [-0.39, 0.29) is 17.7 Å². The second-order valence-corrected chi connectivity index (χ2v) is 8.64. The van der Waals surface area contributed by atoms with Gasteiger partial charge >= 0.3 is 0 Å². The van der Waals surface area contributed by atoms with Crippen LogP contribution in [0.4, 0.5) is 8.78 Å². The Bertz CT molecular complexity index is 1320. The molecule has 0 bridgehead atoms. The molecule has 2 amide bonds. The minimum atomic E-state index is -3.11. The van der Waals surface area contributed by atoms with Crippen molar-refractivity contribution >= 4 is 22.7 Å². The van der Waals surface area contributed by atoms with Gasteiger partial charge in [-0.15, -0.1) is 0 Å². The second-order valence-electron chi connectivity index (χ2n) is 8.64. The number of nitrogens with zero attached hydrogens (tertiary/aromatic N) is 4. The number of alkyl halides is 2. The molecule has 1 unspecified atom stereocenters. The van der Waals surface area contributed by atoms with Crippen LogP contribution in [0.25, 0.3) is 22.0 Å². The lowest BCUT2D eigenvalue weighted by atomic mass is 9.93. The Morgan fingerprint density at radius 1 is 1.24 bits per heavy atom. The van der Waals surface area contributed by atoms with Gasteiger partial charge in [0.1, 0.15) is 6.04 Å². The molecule has 5 rings (SSSR count). The number of primary amides is 1. The third-order valence-electron chi connectivity index (χ3n) is 6.33. The van der Waals surface area contributed by atoms with Crippen molar-refractivity contribution in [2.75, 3.05) is 6.54 Å². The maximum atomic E-state index is 13.9. The van der Waals surface area contributed by atoms with Gasteiger partial charge < -0.3 is 15.2 Å². The number of halogens is 2. The molecule has 3 aromatic rings. The quantitative estimate of drug-likeness (QED) is 0.644. The standard InChI is InChI=1S/C24H21F2N5O2/c25-24(26)11-15(12-27)31(13-24)21(32)10-19-22(18(23(28)33)6-8-29-19)17-2-1-3-20-16(17)7-9-30(20)14-4-5-14/h1-3,6-9,14-15H,4-5,10-11,13H2,(H2,28,33). The van der Waals surface area contributed by atoms with Crippen LogP contribution in [-0.2, 0) is 11.2 Å². The van der Waals surface area contributed by atoms with E-state index in [2.05, 4.69) is 9.55 Å². The molecule has 9 heteroatoms. The number of carbonyl (C=O) groups excluding carboxylic acids is 2. The van der Waals surface area contributed by atoms with Crippen LogP contribution >= 0.6 is 0 Å². The van der Waals surface area contributed by atoms with Gasteiger partial charge in [0.25, 0.3) is 5.92 Å². The number of benzene rings is 1. The van der Waals surface area contributed by atoms with Gasteiger partial charge in [-0.25, -0.2) is 8.78 Å². The summed E-state index contributed by atoms with van der Waals surface area (Å²) in [5.41, 5.74) is 8.21. The van der Waals surface area contributed by atoms with E-state index in [0.29, 0.717) is 17.2 Å². The summed E-state index contributed by atoms with van der Waals surface area (Å²) in [5.74, 6) is -4.43. The van der Waals surface area contributed by atoms with Gasteiger partial charge in [-0.3, -0.25) is 14.6 Å². The summed E-state index contributed by atoms with van der Waals surface area (Å²) in [7, 11) is 0. The van der Waals surface area contributed by atoms with Crippen molar-refractivity contribution < 1.29 is 18.4 Å². The molecule has 0 spiro atoms. The SMILES string of the molecule is N#CC1CC(F)(F)CN1C(=O)Cc1nccc(C(N)=O)c1-c1cccc2c1ccn2C1CC1. The Morgan fingerprint density at radius 2 is 2.03 bits per heavy atom. The Morgan fingerprint density at radius 3 is 2.73 bits per heavy atom. The minimum absolute atomic E-state index is 0.197. The highest BCUT2D eigenvalue weighted by Gasteiger charge is 2.47. The Labute approximate surface area is 188 Å². The molecule has 3 heterocycles. The first-order chi connectivity index (χ1) is 15.8. The Balaban J connectivity index is 1.59. The molecule has 2 aliphatic rings. The fraction of sp³-hybridized carbons (Fsp3) is 0.333. The van der Waals surface area contributed by atoms with Crippen molar-refractivity contribution in [1.82, 2.24) is 14.5 Å². The minimum Gasteiger partial charge on any atom is -0.366 e. The van der Waals surface area contributed by atoms with Crippen molar-refractivity contribution in [2.45, 2.75) is 43.7 Å². The number of amides is 2. The second kappa shape index (κ2) is 7.66. The van der Waals surface area contributed by atoms with Crippen molar-refractivity contribution in [1.29, 1.82) is 5.26 Å². The fourth-order valence-electron chi connectivity index (χ4n) is 4.66. The third-order valence-corrected chi connectivity index (χ3v) is 6.33. The molecule has 33 heavy (non-hydrogen) atoms. The number of rotatable bonds is 5. The van der Waals surface area contributed by atoms with Crippen LogP contribution in [0.1, 0.15) is 41.4 Å². The van der Waals surface area contributed by atoms with E-state index in [1.807, 2.05) is 30.5 Å². The lowest BCUT2D eigenvalue weighted by Crippen LogP contribution is -2.37. The largest absolute Gasteiger partial charge is 0.366 e. The zero-order valence-electron chi connectivity index (χ0n) is 17.7. The van der Waals surface area contributed by atoms with Gasteiger partial charge in [-0.2, -0.15) is 5.26 Å². The monoisotopic (exact) mass is 449 g/mol. The summed E-state index contributed by atoms with van der Waals surface area (Å²) in [6.45, 7) is -0.811. The van der Waals surface area contributed by atoms with Gasteiger partial charge in [0.2, 0.25) is 11.8 Å². The molecule has 1 aliphatic carbocycles. The summed E-state index contributed by atoms with van der Waals surface area (Å²) in [6.07, 6.45) is 4.57. The van der Waals surface area contributed by atoms with Gasteiger partial charge in [0.05, 0.1) is 30.3 Å². The van der Waals surface area contributed by atoms with Crippen LogP contribution in [0, 0.1) is 11.3 Å². The summed E-state index contributed by atoms with van der Waals surface area (Å²) in [6, 6.07) is 10.2. The lowest BCUT2D eigenvalue weighted by Gasteiger charge is -2.20. The van der Waals surface area contributed by atoms with Gasteiger partial charge in [-0.1, -0.05) is 12.1 Å². The predicted molar refractivity (Wildman–Crippen MR) is 116 cm³/mol. The van der Waals surface area contributed by atoms with E-state index >= 15 is 0 Å². The molecule has 1 atom stereocenters. The normalized spacial score (nSPS) is 19.5. The molecule has 1 aromatic carbocycles. The number of nitrogens with two attached hydrogens (primary N) is 1. The van der Waals surface area contributed by atoms with E-state index in [1.165, 1.54) is 12.3 Å². The smallest absolute Gasteiger partial charge is 0.268 e. The maximum Gasteiger partial charge on any atom is 0.268 e. The zero-order chi connectivity index (χ0) is 23.3. The van der Waals surface area contributed by atoms with Crippen LogP contribution < -0.4 is 5.73 Å². The molecule has 2 aromatic heterocycles. The van der Waals surface area contributed by atoms with Gasteiger partial charge in [0, 0.05) is 41.3 Å². The van der Waals surface area contributed by atoms with Gasteiger partial charge in [-0.05, 0) is 36.6 Å². The highest BCUT2D eigenvalue weighted by Crippen LogP contribution is 2.41. The first kappa shape index (κ1) is 21.1. The number of nitriles is 1. The molecule has 1 saturated carbocycles. The van der Waals surface area contributed by atoms with Crippen LogP contribution in [0.15, 0.2) is 42.7 Å². The lowest BCUT2D eigenvalue weighted by molar-refractivity contribution is -0.131. The van der Waals surface area contributed by atoms with E-state index in [9.17, 15) is 23.6 Å². The maximum absolute atomic E-state index is 13.9. The molecule has 1 aliphatic heterocycles. The molecule has 7 nitrogen and oxygen atoms in total. The van der Waals surface area contributed by atoms with Crippen molar-refractivity contribution in [3.8, 4) is 17.2 Å². The number of aromatic nitrogens is 2. The highest BCUT2D eigenvalue weighted by molar-refractivity contribution is 6.06. The van der Waals surface area contributed by atoms with E-state index < -0.39 is 36.7 Å². The highest BCUT2D eigenvalue weighted by atomic mass is 19.3. The number of fused-ring (bicyclic) bond motifs is 1. The summed E-state index contributed by atoms with van der Waals surface area (Å²) in [4.78, 5) is 30.5. The average molecular weight is 449 g/mol.